The molecule has 2 aromatic rings. The van der Waals surface area contributed by atoms with Crippen LogP contribution in [0.3, 0.4) is 0 Å². The molecular formula is C21H26N2O. The SMILES string of the molecule is O=C(Nc1cnc2ccccc2c1)C1(CC2CCC2)CCCCC1. The zero-order chi connectivity index (χ0) is 16.4. The summed E-state index contributed by atoms with van der Waals surface area (Å²) in [5.41, 5.74) is 1.66. The van der Waals surface area contributed by atoms with Crippen LogP contribution in [-0.2, 0) is 4.79 Å². The number of aromatic nitrogens is 1. The standard InChI is InChI=1S/C21H26N2O/c24-20(21(11-4-1-5-12-21)14-16-7-6-8-16)23-18-13-17-9-2-3-10-19(17)22-15-18/h2-3,9-10,13,15-16H,1,4-8,11-12,14H2,(H,23,24). The molecule has 3 nitrogen and oxygen atoms in total. The van der Waals surface area contributed by atoms with Gasteiger partial charge in [-0.2, -0.15) is 0 Å². The van der Waals surface area contributed by atoms with E-state index in [1.54, 1.807) is 6.20 Å². The van der Waals surface area contributed by atoms with Gasteiger partial charge < -0.3 is 5.32 Å². The fraction of sp³-hybridized carbons (Fsp3) is 0.524. The van der Waals surface area contributed by atoms with Gasteiger partial charge in [-0.3, -0.25) is 9.78 Å². The Kier molecular flexibility index (Phi) is 4.26. The highest BCUT2D eigenvalue weighted by Gasteiger charge is 2.42. The predicted molar refractivity (Wildman–Crippen MR) is 97.8 cm³/mol. The number of amides is 1. The summed E-state index contributed by atoms with van der Waals surface area (Å²) < 4.78 is 0. The largest absolute Gasteiger partial charge is 0.324 e. The van der Waals surface area contributed by atoms with Gasteiger partial charge in [0.05, 0.1) is 17.4 Å². The van der Waals surface area contributed by atoms with Gasteiger partial charge in [0.25, 0.3) is 0 Å². The van der Waals surface area contributed by atoms with Crippen LogP contribution in [0.1, 0.15) is 57.8 Å². The van der Waals surface area contributed by atoms with Crippen LogP contribution in [0.2, 0.25) is 0 Å². The molecule has 0 saturated heterocycles. The van der Waals surface area contributed by atoms with E-state index >= 15 is 0 Å². The lowest BCUT2D eigenvalue weighted by molar-refractivity contribution is -0.129. The number of hydrogen-bond acceptors (Lipinski definition) is 2. The Morgan fingerprint density at radius 2 is 1.92 bits per heavy atom. The first-order valence-corrected chi connectivity index (χ1v) is 9.41. The maximum absolute atomic E-state index is 13.2. The molecule has 1 aromatic heterocycles. The number of hydrogen-bond donors (Lipinski definition) is 1. The van der Waals surface area contributed by atoms with Crippen LogP contribution in [0.25, 0.3) is 10.9 Å². The van der Waals surface area contributed by atoms with Gasteiger partial charge in [-0.05, 0) is 37.3 Å². The number of carbonyl (C=O) groups excluding carboxylic acids is 1. The molecule has 126 valence electrons. The van der Waals surface area contributed by atoms with Gasteiger partial charge in [0, 0.05) is 10.8 Å². The van der Waals surface area contributed by atoms with E-state index in [4.69, 9.17) is 0 Å². The number of anilines is 1. The lowest BCUT2D eigenvalue weighted by Gasteiger charge is -2.41. The Hall–Kier alpha value is -1.90. The maximum Gasteiger partial charge on any atom is 0.230 e. The molecule has 0 atom stereocenters. The highest BCUT2D eigenvalue weighted by molar-refractivity contribution is 5.96. The van der Waals surface area contributed by atoms with Gasteiger partial charge in [-0.1, -0.05) is 56.7 Å². The summed E-state index contributed by atoms with van der Waals surface area (Å²) >= 11 is 0. The molecule has 0 spiro atoms. The van der Waals surface area contributed by atoms with Crippen LogP contribution in [0, 0.1) is 11.3 Å². The van der Waals surface area contributed by atoms with Gasteiger partial charge in [0.2, 0.25) is 5.91 Å². The summed E-state index contributed by atoms with van der Waals surface area (Å²) in [5, 5.41) is 4.27. The minimum atomic E-state index is -0.144. The Morgan fingerprint density at radius 1 is 1.12 bits per heavy atom. The van der Waals surface area contributed by atoms with Crippen molar-refractivity contribution in [3.63, 3.8) is 0 Å². The third-order valence-corrected chi connectivity index (χ3v) is 6.04. The third-order valence-electron chi connectivity index (χ3n) is 6.04. The molecule has 3 heteroatoms. The van der Waals surface area contributed by atoms with Crippen molar-refractivity contribution in [1.82, 2.24) is 4.98 Å². The first-order chi connectivity index (χ1) is 11.8. The van der Waals surface area contributed by atoms with Crippen LogP contribution in [0.15, 0.2) is 36.5 Å². The van der Waals surface area contributed by atoms with E-state index in [9.17, 15) is 4.79 Å². The van der Waals surface area contributed by atoms with Gasteiger partial charge in [-0.15, -0.1) is 0 Å². The molecule has 0 bridgehead atoms. The first kappa shape index (κ1) is 15.6. The van der Waals surface area contributed by atoms with Crippen molar-refractivity contribution < 1.29 is 4.79 Å². The van der Waals surface area contributed by atoms with E-state index in [0.29, 0.717) is 0 Å². The van der Waals surface area contributed by atoms with Crippen molar-refractivity contribution in [1.29, 1.82) is 0 Å². The molecule has 2 aliphatic carbocycles. The quantitative estimate of drug-likeness (QED) is 0.828. The molecular weight excluding hydrogens is 296 g/mol. The van der Waals surface area contributed by atoms with Crippen molar-refractivity contribution >= 4 is 22.5 Å². The molecule has 4 rings (SSSR count). The number of benzene rings is 1. The van der Waals surface area contributed by atoms with E-state index in [1.807, 2.05) is 30.3 Å². The molecule has 0 unspecified atom stereocenters. The van der Waals surface area contributed by atoms with Gasteiger partial charge in [0.15, 0.2) is 0 Å². The second kappa shape index (κ2) is 6.54. The van der Waals surface area contributed by atoms with Crippen molar-refractivity contribution in [3.05, 3.63) is 36.5 Å². The second-order valence-electron chi connectivity index (χ2n) is 7.71. The highest BCUT2D eigenvalue weighted by atomic mass is 16.2. The summed E-state index contributed by atoms with van der Waals surface area (Å²) in [6, 6.07) is 10.1. The smallest absolute Gasteiger partial charge is 0.230 e. The van der Waals surface area contributed by atoms with Crippen molar-refractivity contribution in [3.8, 4) is 0 Å². The van der Waals surface area contributed by atoms with Gasteiger partial charge >= 0.3 is 0 Å². The number of nitrogens with one attached hydrogen (secondary N) is 1. The predicted octanol–water partition coefficient (Wildman–Crippen LogP) is 5.31. The Morgan fingerprint density at radius 3 is 2.67 bits per heavy atom. The Labute approximate surface area is 143 Å². The van der Waals surface area contributed by atoms with Crippen LogP contribution in [0.5, 0.6) is 0 Å². The van der Waals surface area contributed by atoms with Crippen LogP contribution in [-0.4, -0.2) is 10.9 Å². The monoisotopic (exact) mass is 322 g/mol. The first-order valence-electron chi connectivity index (χ1n) is 9.41. The number of carbonyl (C=O) groups is 1. The molecule has 1 amide bonds. The van der Waals surface area contributed by atoms with Crippen LogP contribution in [0.4, 0.5) is 5.69 Å². The number of para-hydroxylation sites is 1. The molecule has 0 radical (unpaired) electrons. The van der Waals surface area contributed by atoms with E-state index in [1.165, 1.54) is 38.5 Å². The van der Waals surface area contributed by atoms with E-state index < -0.39 is 0 Å². The summed E-state index contributed by atoms with van der Waals surface area (Å²) in [7, 11) is 0. The molecule has 0 aliphatic heterocycles. The third kappa shape index (κ3) is 3.04. The molecule has 2 aliphatic rings. The van der Waals surface area contributed by atoms with E-state index in [2.05, 4.69) is 10.3 Å². The second-order valence-corrected chi connectivity index (χ2v) is 7.71. The summed E-state index contributed by atoms with van der Waals surface area (Å²) in [6.45, 7) is 0. The molecule has 1 heterocycles. The number of pyridine rings is 1. The fourth-order valence-electron chi connectivity index (χ4n) is 4.41. The molecule has 2 saturated carbocycles. The lowest BCUT2D eigenvalue weighted by Crippen LogP contribution is -2.40. The number of nitrogens with zero attached hydrogens (tertiary/aromatic N) is 1. The fourth-order valence-corrected chi connectivity index (χ4v) is 4.41. The number of fused-ring (bicyclic) bond motifs is 1. The Bertz CT molecular complexity index is 729. The van der Waals surface area contributed by atoms with E-state index in [0.717, 1.165) is 41.8 Å². The topological polar surface area (TPSA) is 42.0 Å². The molecule has 2 fully saturated rings. The average molecular weight is 322 g/mol. The average Bonchev–Trinajstić information content (AvgIpc) is 2.59. The molecule has 1 N–H and O–H groups in total. The minimum absolute atomic E-state index is 0.144. The van der Waals surface area contributed by atoms with Crippen molar-refractivity contribution in [2.75, 3.05) is 5.32 Å². The zero-order valence-electron chi connectivity index (χ0n) is 14.3. The minimum Gasteiger partial charge on any atom is -0.324 e. The summed E-state index contributed by atoms with van der Waals surface area (Å²) in [5.74, 6) is 0.995. The van der Waals surface area contributed by atoms with Gasteiger partial charge in [0.1, 0.15) is 0 Å². The molecule has 1 aromatic carbocycles. The zero-order valence-corrected chi connectivity index (χ0v) is 14.3. The molecule has 24 heavy (non-hydrogen) atoms. The lowest BCUT2D eigenvalue weighted by atomic mass is 9.64. The number of rotatable bonds is 4. The van der Waals surface area contributed by atoms with Crippen LogP contribution < -0.4 is 5.32 Å². The van der Waals surface area contributed by atoms with Crippen LogP contribution >= 0.6 is 0 Å². The van der Waals surface area contributed by atoms with Crippen molar-refractivity contribution in [2.45, 2.75) is 57.8 Å². The highest BCUT2D eigenvalue weighted by Crippen LogP contribution is 2.46. The Balaban J connectivity index is 1.54. The maximum atomic E-state index is 13.2. The summed E-state index contributed by atoms with van der Waals surface area (Å²) in [6.07, 6.45) is 12.6. The summed E-state index contributed by atoms with van der Waals surface area (Å²) in [4.78, 5) is 17.6. The van der Waals surface area contributed by atoms with E-state index in [-0.39, 0.29) is 11.3 Å². The normalized spacial score (nSPS) is 20.5. The van der Waals surface area contributed by atoms with Gasteiger partial charge in [-0.25, -0.2) is 0 Å². The van der Waals surface area contributed by atoms with Crippen molar-refractivity contribution in [2.24, 2.45) is 11.3 Å².